The van der Waals surface area contributed by atoms with Crippen molar-refractivity contribution in [2.24, 2.45) is 0 Å². The zero-order chi connectivity index (χ0) is 20.6. The van der Waals surface area contributed by atoms with Gasteiger partial charge in [-0.3, -0.25) is 4.79 Å². The van der Waals surface area contributed by atoms with Crippen molar-refractivity contribution >= 4 is 27.5 Å². The van der Waals surface area contributed by atoms with Crippen LogP contribution in [-0.4, -0.2) is 12.5 Å². The maximum atomic E-state index is 12.3. The number of rotatable bonds is 8. The molecule has 0 aliphatic carbocycles. The molecule has 3 aromatic carbocycles. The molecule has 0 saturated carbocycles. The van der Waals surface area contributed by atoms with Crippen molar-refractivity contribution in [2.45, 2.75) is 26.4 Å². The smallest absolute Gasteiger partial charge is 0.262 e. The van der Waals surface area contributed by atoms with Gasteiger partial charge in [0.15, 0.2) is 6.61 Å². The molecule has 0 saturated heterocycles. The molecule has 5 heteroatoms. The number of ether oxygens (including phenoxy) is 2. The number of halogens is 1. The first-order chi connectivity index (χ1) is 14.0. The Morgan fingerprint density at radius 3 is 2.38 bits per heavy atom. The maximum Gasteiger partial charge on any atom is 0.262 e. The predicted octanol–water partition coefficient (Wildman–Crippen LogP) is 6.17. The summed E-state index contributed by atoms with van der Waals surface area (Å²) in [6, 6.07) is 23.1. The van der Waals surface area contributed by atoms with Crippen LogP contribution in [0.2, 0.25) is 0 Å². The number of carbonyl (C=O) groups excluding carboxylic acids is 1. The lowest BCUT2D eigenvalue weighted by molar-refractivity contribution is -0.118. The lowest BCUT2D eigenvalue weighted by atomic mass is 10.0. The Kier molecular flexibility index (Phi) is 7.30. The molecule has 0 aliphatic heterocycles. The summed E-state index contributed by atoms with van der Waals surface area (Å²) in [7, 11) is 0. The van der Waals surface area contributed by atoms with Crippen molar-refractivity contribution in [1.29, 1.82) is 0 Å². The van der Waals surface area contributed by atoms with E-state index in [1.54, 1.807) is 0 Å². The fourth-order valence-electron chi connectivity index (χ4n) is 2.82. The first-order valence-corrected chi connectivity index (χ1v) is 10.3. The summed E-state index contributed by atoms with van der Waals surface area (Å²) in [6.07, 6.45) is 0. The third kappa shape index (κ3) is 6.36. The molecule has 0 spiro atoms. The molecule has 0 radical (unpaired) electrons. The summed E-state index contributed by atoms with van der Waals surface area (Å²) in [6.45, 7) is 4.64. The van der Waals surface area contributed by atoms with Crippen molar-refractivity contribution in [2.75, 3.05) is 11.9 Å². The molecule has 3 rings (SSSR count). The summed E-state index contributed by atoms with van der Waals surface area (Å²) >= 11 is 3.47. The molecule has 3 aromatic rings. The number of nitrogens with one attached hydrogen (secondary N) is 1. The molecular weight excluding hydrogens is 430 g/mol. The lowest BCUT2D eigenvalue weighted by Crippen LogP contribution is -2.20. The molecule has 1 amide bonds. The van der Waals surface area contributed by atoms with Crippen molar-refractivity contribution in [3.8, 4) is 11.5 Å². The van der Waals surface area contributed by atoms with Gasteiger partial charge < -0.3 is 14.8 Å². The highest BCUT2D eigenvalue weighted by Gasteiger charge is 2.11. The topological polar surface area (TPSA) is 47.6 Å². The molecule has 0 atom stereocenters. The van der Waals surface area contributed by atoms with Crippen LogP contribution in [0.5, 0.6) is 11.5 Å². The molecule has 4 nitrogen and oxygen atoms in total. The van der Waals surface area contributed by atoms with E-state index in [0.29, 0.717) is 18.2 Å². The Labute approximate surface area is 180 Å². The van der Waals surface area contributed by atoms with Gasteiger partial charge in [0.05, 0.1) is 0 Å². The third-order valence-electron chi connectivity index (χ3n) is 4.34. The van der Waals surface area contributed by atoms with E-state index >= 15 is 0 Å². The van der Waals surface area contributed by atoms with Crippen LogP contribution >= 0.6 is 15.9 Å². The monoisotopic (exact) mass is 453 g/mol. The molecule has 150 valence electrons. The minimum absolute atomic E-state index is 0.0480. The summed E-state index contributed by atoms with van der Waals surface area (Å²) < 4.78 is 12.5. The summed E-state index contributed by atoms with van der Waals surface area (Å²) in [4.78, 5) is 12.3. The molecule has 0 aromatic heterocycles. The van der Waals surface area contributed by atoms with Crippen LogP contribution in [0.25, 0.3) is 0 Å². The zero-order valence-corrected chi connectivity index (χ0v) is 18.1. The normalized spacial score (nSPS) is 10.6. The van der Waals surface area contributed by atoms with Crippen LogP contribution in [-0.2, 0) is 11.4 Å². The first-order valence-electron chi connectivity index (χ1n) is 9.50. The molecular formula is C24H24BrNO3. The Morgan fingerprint density at radius 1 is 0.966 bits per heavy atom. The standard InChI is InChI=1S/C24H24BrNO3/c1-17(2)22-14-19(25)8-13-23(22)29-16-24(27)26-20-9-11-21(12-10-20)28-15-18-6-4-3-5-7-18/h3-14,17H,15-16H2,1-2H3,(H,26,27). The summed E-state index contributed by atoms with van der Waals surface area (Å²) in [5, 5.41) is 2.84. The third-order valence-corrected chi connectivity index (χ3v) is 4.83. The number of hydrogen-bond acceptors (Lipinski definition) is 3. The van der Waals surface area contributed by atoms with Gasteiger partial charge in [-0.1, -0.05) is 60.1 Å². The van der Waals surface area contributed by atoms with Gasteiger partial charge in [-0.15, -0.1) is 0 Å². The first kappa shape index (κ1) is 20.9. The van der Waals surface area contributed by atoms with E-state index in [1.807, 2.05) is 72.8 Å². The second-order valence-electron chi connectivity index (χ2n) is 6.97. The van der Waals surface area contributed by atoms with E-state index in [0.717, 1.165) is 27.1 Å². The van der Waals surface area contributed by atoms with E-state index in [1.165, 1.54) is 0 Å². The van der Waals surface area contributed by atoms with Gasteiger partial charge >= 0.3 is 0 Å². The minimum Gasteiger partial charge on any atom is -0.489 e. The van der Waals surface area contributed by atoms with Crippen molar-refractivity contribution in [1.82, 2.24) is 0 Å². The van der Waals surface area contributed by atoms with Crippen molar-refractivity contribution in [3.05, 3.63) is 88.4 Å². The fraction of sp³-hybridized carbons (Fsp3) is 0.208. The van der Waals surface area contributed by atoms with Gasteiger partial charge in [0.2, 0.25) is 0 Å². The van der Waals surface area contributed by atoms with Gasteiger partial charge in [-0.2, -0.15) is 0 Å². The number of hydrogen-bond donors (Lipinski definition) is 1. The van der Waals surface area contributed by atoms with Crippen LogP contribution < -0.4 is 14.8 Å². The fourth-order valence-corrected chi connectivity index (χ4v) is 3.20. The quantitative estimate of drug-likeness (QED) is 0.443. The zero-order valence-electron chi connectivity index (χ0n) is 16.5. The van der Waals surface area contributed by atoms with Crippen molar-refractivity contribution < 1.29 is 14.3 Å². The van der Waals surface area contributed by atoms with Crippen LogP contribution in [0.4, 0.5) is 5.69 Å². The highest BCUT2D eigenvalue weighted by molar-refractivity contribution is 9.10. The number of anilines is 1. The highest BCUT2D eigenvalue weighted by atomic mass is 79.9. The van der Waals surface area contributed by atoms with Crippen LogP contribution in [0.1, 0.15) is 30.9 Å². The molecule has 0 fully saturated rings. The van der Waals surface area contributed by atoms with E-state index < -0.39 is 0 Å². The van der Waals surface area contributed by atoms with E-state index in [-0.39, 0.29) is 12.5 Å². The average Bonchev–Trinajstić information content (AvgIpc) is 2.73. The number of carbonyl (C=O) groups is 1. The Balaban J connectivity index is 1.51. The Bertz CT molecular complexity index is 940. The van der Waals surface area contributed by atoms with Gasteiger partial charge in [0.25, 0.3) is 5.91 Å². The molecule has 1 N–H and O–H groups in total. The Morgan fingerprint density at radius 2 is 1.69 bits per heavy atom. The average molecular weight is 454 g/mol. The number of benzene rings is 3. The lowest BCUT2D eigenvalue weighted by Gasteiger charge is -2.14. The maximum absolute atomic E-state index is 12.3. The van der Waals surface area contributed by atoms with Gasteiger partial charge in [0, 0.05) is 10.2 Å². The molecule has 0 heterocycles. The van der Waals surface area contributed by atoms with Gasteiger partial charge in [-0.05, 0) is 59.5 Å². The van der Waals surface area contributed by atoms with Crippen LogP contribution in [0.15, 0.2) is 77.3 Å². The Hall–Kier alpha value is -2.79. The molecule has 0 unspecified atom stereocenters. The number of amides is 1. The second kappa shape index (κ2) is 10.1. The highest BCUT2D eigenvalue weighted by Crippen LogP contribution is 2.29. The minimum atomic E-state index is -0.208. The van der Waals surface area contributed by atoms with Crippen molar-refractivity contribution in [3.63, 3.8) is 0 Å². The molecule has 0 aliphatic rings. The largest absolute Gasteiger partial charge is 0.489 e. The predicted molar refractivity (Wildman–Crippen MR) is 120 cm³/mol. The van der Waals surface area contributed by atoms with Crippen LogP contribution in [0.3, 0.4) is 0 Å². The second-order valence-corrected chi connectivity index (χ2v) is 7.89. The van der Waals surface area contributed by atoms with Crippen LogP contribution in [0, 0.1) is 0 Å². The summed E-state index contributed by atoms with van der Waals surface area (Å²) in [5.74, 6) is 1.57. The van der Waals surface area contributed by atoms with E-state index in [9.17, 15) is 4.79 Å². The van der Waals surface area contributed by atoms with E-state index in [4.69, 9.17) is 9.47 Å². The van der Waals surface area contributed by atoms with Gasteiger partial charge in [-0.25, -0.2) is 0 Å². The molecule has 29 heavy (non-hydrogen) atoms. The molecule has 0 bridgehead atoms. The SMILES string of the molecule is CC(C)c1cc(Br)ccc1OCC(=O)Nc1ccc(OCc2ccccc2)cc1. The summed E-state index contributed by atoms with van der Waals surface area (Å²) in [5.41, 5.74) is 2.87. The van der Waals surface area contributed by atoms with Gasteiger partial charge in [0.1, 0.15) is 18.1 Å². The van der Waals surface area contributed by atoms with E-state index in [2.05, 4.69) is 35.1 Å².